The van der Waals surface area contributed by atoms with Crippen LogP contribution in [0.3, 0.4) is 0 Å². The van der Waals surface area contributed by atoms with Gasteiger partial charge in [0.15, 0.2) is 0 Å². The lowest BCUT2D eigenvalue weighted by Crippen LogP contribution is -1.98. The van der Waals surface area contributed by atoms with E-state index in [0.717, 1.165) is 21.7 Å². The van der Waals surface area contributed by atoms with E-state index in [4.69, 9.17) is 5.73 Å². The first-order valence-corrected chi connectivity index (χ1v) is 6.35. The van der Waals surface area contributed by atoms with Crippen LogP contribution in [0.25, 0.3) is 11.3 Å². The summed E-state index contributed by atoms with van der Waals surface area (Å²) < 4.78 is 0.893. The Balaban J connectivity index is 2.59. The molecule has 2 rings (SSSR count). The van der Waals surface area contributed by atoms with Crippen molar-refractivity contribution in [2.24, 2.45) is 5.73 Å². The van der Waals surface area contributed by atoms with Crippen LogP contribution >= 0.6 is 15.9 Å². The smallest absolute Gasteiger partial charge is 0.121 e. The van der Waals surface area contributed by atoms with Crippen molar-refractivity contribution in [1.29, 1.82) is 0 Å². The molecule has 0 aliphatic heterocycles. The third-order valence-corrected chi connectivity index (χ3v) is 3.57. The molecule has 1 aromatic carbocycles. The summed E-state index contributed by atoms with van der Waals surface area (Å²) in [6.45, 7) is 6.76. The van der Waals surface area contributed by atoms with Crippen molar-refractivity contribution < 1.29 is 0 Å². The van der Waals surface area contributed by atoms with Crippen LogP contribution in [-0.2, 0) is 6.54 Å². The van der Waals surface area contributed by atoms with Gasteiger partial charge in [0.05, 0.1) is 6.54 Å². The third kappa shape index (κ3) is 2.28. The van der Waals surface area contributed by atoms with Crippen molar-refractivity contribution >= 4 is 15.9 Å². The SMILES string of the molecule is Cc1cc(C)c(-c2nc(CN)[nH]c2Br)cc1C. The molecule has 1 aromatic heterocycles. The highest BCUT2D eigenvalue weighted by atomic mass is 79.9. The third-order valence-electron chi connectivity index (χ3n) is 3.00. The molecule has 0 aliphatic carbocycles. The molecule has 0 bridgehead atoms. The molecule has 0 saturated carbocycles. The zero-order valence-corrected chi connectivity index (χ0v) is 11.9. The second-order valence-electron chi connectivity index (χ2n) is 4.30. The monoisotopic (exact) mass is 293 g/mol. The van der Waals surface area contributed by atoms with E-state index in [1.165, 1.54) is 16.7 Å². The van der Waals surface area contributed by atoms with E-state index in [1.807, 2.05) is 0 Å². The Morgan fingerprint density at radius 1 is 1.18 bits per heavy atom. The zero-order valence-electron chi connectivity index (χ0n) is 10.3. The van der Waals surface area contributed by atoms with Gasteiger partial charge in [0.1, 0.15) is 16.1 Å². The predicted octanol–water partition coefficient (Wildman–Crippen LogP) is 3.22. The maximum atomic E-state index is 5.59. The molecule has 0 atom stereocenters. The van der Waals surface area contributed by atoms with Gasteiger partial charge in [-0.15, -0.1) is 0 Å². The van der Waals surface area contributed by atoms with Crippen LogP contribution in [0.1, 0.15) is 22.5 Å². The predicted molar refractivity (Wildman–Crippen MR) is 73.8 cm³/mol. The van der Waals surface area contributed by atoms with Crippen molar-refractivity contribution in [1.82, 2.24) is 9.97 Å². The summed E-state index contributed by atoms with van der Waals surface area (Å²) in [7, 11) is 0. The Labute approximate surface area is 110 Å². The molecule has 0 radical (unpaired) electrons. The number of hydrogen-bond acceptors (Lipinski definition) is 2. The first-order chi connectivity index (χ1) is 8.02. The van der Waals surface area contributed by atoms with Crippen LogP contribution in [0, 0.1) is 20.8 Å². The van der Waals surface area contributed by atoms with E-state index in [2.05, 4.69) is 58.8 Å². The minimum atomic E-state index is 0.419. The van der Waals surface area contributed by atoms with Crippen molar-refractivity contribution in [2.75, 3.05) is 0 Å². The normalized spacial score (nSPS) is 10.9. The summed E-state index contributed by atoms with van der Waals surface area (Å²) in [5, 5.41) is 0. The molecule has 0 saturated heterocycles. The van der Waals surface area contributed by atoms with Crippen LogP contribution in [0.4, 0.5) is 0 Å². The van der Waals surface area contributed by atoms with E-state index in [9.17, 15) is 0 Å². The van der Waals surface area contributed by atoms with Gasteiger partial charge in [0.2, 0.25) is 0 Å². The minimum absolute atomic E-state index is 0.419. The number of nitrogens with zero attached hydrogens (tertiary/aromatic N) is 1. The van der Waals surface area contributed by atoms with Crippen molar-refractivity contribution in [2.45, 2.75) is 27.3 Å². The average molecular weight is 294 g/mol. The first kappa shape index (κ1) is 12.3. The number of rotatable bonds is 2. The number of H-pyrrole nitrogens is 1. The highest BCUT2D eigenvalue weighted by Crippen LogP contribution is 2.30. The van der Waals surface area contributed by atoms with Crippen LogP contribution < -0.4 is 5.73 Å². The fourth-order valence-corrected chi connectivity index (χ4v) is 2.42. The molecule has 0 spiro atoms. The highest BCUT2D eigenvalue weighted by molar-refractivity contribution is 9.10. The summed E-state index contributed by atoms with van der Waals surface area (Å²) in [5.74, 6) is 0.796. The minimum Gasteiger partial charge on any atom is -0.335 e. The second-order valence-corrected chi connectivity index (χ2v) is 5.09. The van der Waals surface area contributed by atoms with Gasteiger partial charge < -0.3 is 10.7 Å². The van der Waals surface area contributed by atoms with Crippen LogP contribution in [0.15, 0.2) is 16.7 Å². The quantitative estimate of drug-likeness (QED) is 0.893. The molecular formula is C13H16BrN3. The maximum Gasteiger partial charge on any atom is 0.121 e. The summed E-state index contributed by atoms with van der Waals surface area (Å²) in [6.07, 6.45) is 0. The molecule has 17 heavy (non-hydrogen) atoms. The molecule has 90 valence electrons. The molecular weight excluding hydrogens is 278 g/mol. The number of aromatic nitrogens is 2. The van der Waals surface area contributed by atoms with Crippen LogP contribution in [0.5, 0.6) is 0 Å². The van der Waals surface area contributed by atoms with Crippen LogP contribution in [-0.4, -0.2) is 9.97 Å². The van der Waals surface area contributed by atoms with Gasteiger partial charge in [0, 0.05) is 5.56 Å². The Morgan fingerprint density at radius 3 is 2.41 bits per heavy atom. The van der Waals surface area contributed by atoms with Gasteiger partial charge >= 0.3 is 0 Å². The summed E-state index contributed by atoms with van der Waals surface area (Å²) in [4.78, 5) is 7.64. The highest BCUT2D eigenvalue weighted by Gasteiger charge is 2.12. The Bertz CT molecular complexity index is 558. The fourth-order valence-electron chi connectivity index (χ4n) is 1.89. The van der Waals surface area contributed by atoms with Crippen molar-refractivity contribution in [3.8, 4) is 11.3 Å². The average Bonchev–Trinajstić information content (AvgIpc) is 2.65. The molecule has 0 fully saturated rings. The van der Waals surface area contributed by atoms with Gasteiger partial charge in [-0.25, -0.2) is 4.98 Å². The topological polar surface area (TPSA) is 54.7 Å². The van der Waals surface area contributed by atoms with Gasteiger partial charge in [0.25, 0.3) is 0 Å². The number of hydrogen-bond donors (Lipinski definition) is 2. The Kier molecular flexibility index (Phi) is 3.35. The molecule has 0 amide bonds. The molecule has 0 aliphatic rings. The van der Waals surface area contributed by atoms with E-state index >= 15 is 0 Å². The van der Waals surface area contributed by atoms with E-state index < -0.39 is 0 Å². The molecule has 3 N–H and O–H groups in total. The van der Waals surface area contributed by atoms with Gasteiger partial charge in [-0.3, -0.25) is 0 Å². The summed E-state index contributed by atoms with van der Waals surface area (Å²) in [6, 6.07) is 4.36. The largest absolute Gasteiger partial charge is 0.335 e. The molecule has 1 heterocycles. The van der Waals surface area contributed by atoms with E-state index in [1.54, 1.807) is 0 Å². The lowest BCUT2D eigenvalue weighted by molar-refractivity contribution is 0.947. The lowest BCUT2D eigenvalue weighted by Gasteiger charge is -2.08. The van der Waals surface area contributed by atoms with E-state index in [-0.39, 0.29) is 0 Å². The molecule has 4 heteroatoms. The van der Waals surface area contributed by atoms with E-state index in [0.29, 0.717) is 6.54 Å². The Morgan fingerprint density at radius 2 is 1.82 bits per heavy atom. The molecule has 2 aromatic rings. The fraction of sp³-hybridized carbons (Fsp3) is 0.308. The number of nitrogens with two attached hydrogens (primary N) is 1. The number of aromatic amines is 1. The lowest BCUT2D eigenvalue weighted by atomic mass is 9.99. The second kappa shape index (κ2) is 4.63. The maximum absolute atomic E-state index is 5.59. The number of aryl methyl sites for hydroxylation is 3. The zero-order chi connectivity index (χ0) is 12.6. The standard InChI is InChI=1S/C13H16BrN3/c1-7-4-9(3)10(5-8(7)2)12-13(14)17-11(6-15)16-12/h4-5H,6,15H2,1-3H3,(H,16,17). The van der Waals surface area contributed by atoms with Gasteiger partial charge in [-0.2, -0.15) is 0 Å². The number of benzene rings is 1. The number of halogens is 1. The Hall–Kier alpha value is -1.13. The van der Waals surface area contributed by atoms with Gasteiger partial charge in [-0.05, 0) is 59.5 Å². The van der Waals surface area contributed by atoms with Crippen LogP contribution in [0.2, 0.25) is 0 Å². The van der Waals surface area contributed by atoms with Crippen molar-refractivity contribution in [3.05, 3.63) is 39.3 Å². The molecule has 3 nitrogen and oxygen atoms in total. The number of nitrogens with one attached hydrogen (secondary N) is 1. The molecule has 0 unspecified atom stereocenters. The van der Waals surface area contributed by atoms with Gasteiger partial charge in [-0.1, -0.05) is 6.07 Å². The summed E-state index contributed by atoms with van der Waals surface area (Å²) in [5.41, 5.74) is 11.5. The summed E-state index contributed by atoms with van der Waals surface area (Å²) >= 11 is 3.50. The first-order valence-electron chi connectivity index (χ1n) is 5.55. The van der Waals surface area contributed by atoms with Crippen molar-refractivity contribution in [3.63, 3.8) is 0 Å². The number of imidazole rings is 1.